The predicted molar refractivity (Wildman–Crippen MR) is 85.3 cm³/mol. The summed E-state index contributed by atoms with van der Waals surface area (Å²) in [6, 6.07) is 6.08. The van der Waals surface area contributed by atoms with Crippen molar-refractivity contribution in [2.75, 3.05) is 17.9 Å². The van der Waals surface area contributed by atoms with E-state index in [-0.39, 0.29) is 13.0 Å². The number of hydrogen-bond donors (Lipinski definition) is 3. The van der Waals surface area contributed by atoms with E-state index in [4.69, 9.17) is 9.47 Å². The molecular weight excluding hydrogens is 322 g/mol. The molecule has 2 atom stereocenters. The number of carbonyl (C=O) groups excluding carboxylic acids is 1. The van der Waals surface area contributed by atoms with Crippen molar-refractivity contribution >= 4 is 21.7 Å². The fourth-order valence-corrected chi connectivity index (χ4v) is 3.47. The van der Waals surface area contributed by atoms with Crippen LogP contribution in [0.2, 0.25) is 0 Å². The van der Waals surface area contributed by atoms with Crippen LogP contribution in [0.15, 0.2) is 24.3 Å². The highest BCUT2D eigenvalue weighted by atomic mass is 32.2. The zero-order chi connectivity index (χ0) is 16.9. The summed E-state index contributed by atoms with van der Waals surface area (Å²) in [5.41, 5.74) is 5.62. The van der Waals surface area contributed by atoms with Crippen LogP contribution in [-0.2, 0) is 19.6 Å². The van der Waals surface area contributed by atoms with E-state index in [1.54, 1.807) is 31.2 Å². The van der Waals surface area contributed by atoms with Gasteiger partial charge in [-0.15, -0.1) is 0 Å². The van der Waals surface area contributed by atoms with Gasteiger partial charge in [-0.2, -0.15) is 0 Å². The highest BCUT2D eigenvalue weighted by Crippen LogP contribution is 2.26. The van der Waals surface area contributed by atoms with Gasteiger partial charge in [-0.25, -0.2) is 19.3 Å². The van der Waals surface area contributed by atoms with E-state index in [1.165, 1.54) is 0 Å². The number of nitrogens with one attached hydrogen (secondary N) is 3. The maximum Gasteiger partial charge on any atom is 0.324 e. The van der Waals surface area contributed by atoms with Crippen LogP contribution in [-0.4, -0.2) is 39.0 Å². The summed E-state index contributed by atoms with van der Waals surface area (Å²) in [5, 5.41) is -0.952. The van der Waals surface area contributed by atoms with Gasteiger partial charge in [0.1, 0.15) is 17.2 Å². The lowest BCUT2D eigenvalue weighted by molar-refractivity contribution is -0.145. The number of sulfonamides is 1. The highest BCUT2D eigenvalue weighted by molar-refractivity contribution is 7.93. The first kappa shape index (κ1) is 17.5. The lowest BCUT2D eigenvalue weighted by atomic mass is 10.2. The quantitative estimate of drug-likeness (QED) is 0.622. The van der Waals surface area contributed by atoms with Crippen LogP contribution in [0.4, 0.5) is 5.69 Å². The molecule has 2 unspecified atom stereocenters. The maximum absolute atomic E-state index is 12.5. The van der Waals surface area contributed by atoms with Crippen molar-refractivity contribution in [1.82, 2.24) is 10.9 Å². The number of ether oxygens (including phenoxy) is 2. The van der Waals surface area contributed by atoms with E-state index in [0.717, 1.165) is 0 Å². The van der Waals surface area contributed by atoms with Gasteiger partial charge in [-0.3, -0.25) is 9.52 Å². The Labute approximate surface area is 135 Å². The largest absolute Gasteiger partial charge is 0.492 e. The topological polar surface area (TPSA) is 106 Å². The van der Waals surface area contributed by atoms with E-state index in [0.29, 0.717) is 18.0 Å². The van der Waals surface area contributed by atoms with Crippen LogP contribution in [0.5, 0.6) is 5.75 Å². The lowest BCUT2D eigenvalue weighted by Gasteiger charge is -2.16. The molecule has 1 heterocycles. The first-order valence-corrected chi connectivity index (χ1v) is 8.93. The summed E-state index contributed by atoms with van der Waals surface area (Å²) in [6.07, 6.45) is 0.0744. The number of anilines is 1. The van der Waals surface area contributed by atoms with Crippen molar-refractivity contribution in [3.63, 3.8) is 0 Å². The van der Waals surface area contributed by atoms with Crippen LogP contribution in [0.3, 0.4) is 0 Å². The van der Waals surface area contributed by atoms with Crippen LogP contribution < -0.4 is 20.3 Å². The first-order valence-electron chi connectivity index (χ1n) is 7.39. The molecule has 0 bridgehead atoms. The Bertz CT molecular complexity index is 650. The first-order chi connectivity index (χ1) is 11.0. The summed E-state index contributed by atoms with van der Waals surface area (Å²) >= 11 is 0. The fourth-order valence-electron chi connectivity index (χ4n) is 2.18. The molecule has 1 aromatic carbocycles. The number of rotatable bonds is 7. The van der Waals surface area contributed by atoms with Crippen molar-refractivity contribution in [2.24, 2.45) is 0 Å². The highest BCUT2D eigenvalue weighted by Gasteiger charge is 2.38. The second-order valence-electron chi connectivity index (χ2n) is 4.89. The van der Waals surface area contributed by atoms with E-state index in [2.05, 4.69) is 15.6 Å². The average Bonchev–Trinajstić information content (AvgIpc) is 3.00. The third-order valence-electron chi connectivity index (χ3n) is 3.25. The molecule has 8 nitrogen and oxygen atoms in total. The molecule has 1 saturated heterocycles. The third-order valence-corrected chi connectivity index (χ3v) is 4.82. The second kappa shape index (κ2) is 7.62. The number of benzene rings is 1. The molecule has 0 amide bonds. The molecule has 1 aliphatic rings. The molecule has 0 saturated carbocycles. The number of esters is 1. The molecule has 0 spiro atoms. The summed E-state index contributed by atoms with van der Waals surface area (Å²) < 4.78 is 37.7. The molecule has 23 heavy (non-hydrogen) atoms. The van der Waals surface area contributed by atoms with Gasteiger partial charge in [0, 0.05) is 6.42 Å². The monoisotopic (exact) mass is 343 g/mol. The summed E-state index contributed by atoms with van der Waals surface area (Å²) in [7, 11) is -3.75. The normalized spacial score (nSPS) is 21.0. The second-order valence-corrected chi connectivity index (χ2v) is 6.76. The maximum atomic E-state index is 12.5. The minimum absolute atomic E-state index is 0.0744. The third kappa shape index (κ3) is 4.34. The van der Waals surface area contributed by atoms with Crippen LogP contribution >= 0.6 is 0 Å². The molecule has 9 heteroatoms. The van der Waals surface area contributed by atoms with Crippen molar-refractivity contribution in [3.05, 3.63) is 24.3 Å². The van der Waals surface area contributed by atoms with Crippen molar-refractivity contribution in [1.29, 1.82) is 0 Å². The Balaban J connectivity index is 2.07. The standard InChI is InChI=1S/C14H21N3O5S/c1-3-21-12-8-6-5-7-10(12)17-23(19,20)13-9-11(15-16-13)14(18)22-4-2/h5-8,11,13,15-17H,3-4,9H2,1-2H3. The minimum atomic E-state index is -3.75. The average molecular weight is 343 g/mol. The van der Waals surface area contributed by atoms with Crippen molar-refractivity contribution in [3.8, 4) is 5.75 Å². The van der Waals surface area contributed by atoms with Gasteiger partial charge in [0.2, 0.25) is 10.0 Å². The molecular formula is C14H21N3O5S. The molecule has 1 fully saturated rings. The van der Waals surface area contributed by atoms with Crippen LogP contribution in [0.1, 0.15) is 20.3 Å². The molecule has 0 aliphatic carbocycles. The summed E-state index contributed by atoms with van der Waals surface area (Å²) in [4.78, 5) is 11.7. The van der Waals surface area contributed by atoms with Gasteiger partial charge in [-0.05, 0) is 26.0 Å². The van der Waals surface area contributed by atoms with Gasteiger partial charge in [0.15, 0.2) is 0 Å². The van der Waals surface area contributed by atoms with Gasteiger partial charge in [0.25, 0.3) is 0 Å². The van der Waals surface area contributed by atoms with Gasteiger partial charge >= 0.3 is 5.97 Å². The zero-order valence-corrected chi connectivity index (χ0v) is 13.9. The fraction of sp³-hybridized carbons (Fsp3) is 0.500. The molecule has 3 N–H and O–H groups in total. The van der Waals surface area contributed by atoms with Crippen molar-refractivity contribution < 1.29 is 22.7 Å². The molecule has 128 valence electrons. The Hall–Kier alpha value is -1.84. The minimum Gasteiger partial charge on any atom is -0.492 e. The molecule has 1 aromatic rings. The van der Waals surface area contributed by atoms with Crippen LogP contribution in [0.25, 0.3) is 0 Å². The Morgan fingerprint density at radius 1 is 1.26 bits per heavy atom. The summed E-state index contributed by atoms with van der Waals surface area (Å²) in [5.74, 6) is -0.0288. The van der Waals surface area contributed by atoms with E-state index in [9.17, 15) is 13.2 Å². The zero-order valence-electron chi connectivity index (χ0n) is 13.0. The molecule has 2 rings (SSSR count). The van der Waals surface area contributed by atoms with E-state index >= 15 is 0 Å². The Morgan fingerprint density at radius 3 is 2.70 bits per heavy atom. The number of hydrazine groups is 1. The number of carbonyl (C=O) groups is 1. The van der Waals surface area contributed by atoms with Crippen molar-refractivity contribution in [2.45, 2.75) is 31.7 Å². The van der Waals surface area contributed by atoms with Gasteiger partial charge in [-0.1, -0.05) is 12.1 Å². The van der Waals surface area contributed by atoms with E-state index in [1.807, 2.05) is 6.92 Å². The van der Waals surface area contributed by atoms with Crippen LogP contribution in [0, 0.1) is 0 Å². The SMILES string of the molecule is CCOC(=O)C1CC(S(=O)(=O)Nc2ccccc2OCC)NN1. The summed E-state index contributed by atoms with van der Waals surface area (Å²) in [6.45, 7) is 4.18. The molecule has 1 aliphatic heterocycles. The lowest BCUT2D eigenvalue weighted by Crippen LogP contribution is -2.41. The molecule has 0 radical (unpaired) electrons. The number of para-hydroxylation sites is 2. The predicted octanol–water partition coefficient (Wildman–Crippen LogP) is 0.583. The Morgan fingerprint density at radius 2 is 2.00 bits per heavy atom. The molecule has 0 aromatic heterocycles. The van der Waals surface area contributed by atoms with Gasteiger partial charge < -0.3 is 9.47 Å². The van der Waals surface area contributed by atoms with E-state index < -0.39 is 27.4 Å². The Kier molecular flexibility index (Phi) is 5.80. The number of hydrogen-bond acceptors (Lipinski definition) is 7. The van der Waals surface area contributed by atoms with Gasteiger partial charge in [0.05, 0.1) is 18.9 Å². The smallest absolute Gasteiger partial charge is 0.324 e.